The molecular formula is C19H29N3O2. The summed E-state index contributed by atoms with van der Waals surface area (Å²) >= 11 is 0. The van der Waals surface area contributed by atoms with Crippen LogP contribution in [-0.2, 0) is 6.54 Å². The summed E-state index contributed by atoms with van der Waals surface area (Å²) in [7, 11) is 1.69. The number of nitriles is 1. The van der Waals surface area contributed by atoms with E-state index in [1.807, 2.05) is 6.07 Å². The summed E-state index contributed by atoms with van der Waals surface area (Å²) < 4.78 is 11.3. The lowest BCUT2D eigenvalue weighted by atomic mass is 10.1. The van der Waals surface area contributed by atoms with Crippen molar-refractivity contribution in [1.29, 1.82) is 5.26 Å². The van der Waals surface area contributed by atoms with Crippen LogP contribution in [-0.4, -0.2) is 56.2 Å². The van der Waals surface area contributed by atoms with E-state index in [4.69, 9.17) is 14.7 Å². The quantitative estimate of drug-likeness (QED) is 0.651. The maximum absolute atomic E-state index is 8.67. The van der Waals surface area contributed by atoms with Gasteiger partial charge in [0.05, 0.1) is 19.8 Å². The van der Waals surface area contributed by atoms with Crippen molar-refractivity contribution in [3.05, 3.63) is 23.8 Å². The number of hydrogen-bond acceptors (Lipinski definition) is 5. The molecule has 1 aromatic carbocycles. The minimum atomic E-state index is 0.622. The molecule has 2 rings (SSSR count). The lowest BCUT2D eigenvalue weighted by Crippen LogP contribution is -2.46. The summed E-state index contributed by atoms with van der Waals surface area (Å²) in [6.07, 6.45) is 2.80. The van der Waals surface area contributed by atoms with E-state index in [2.05, 4.69) is 34.9 Å². The second-order valence-electron chi connectivity index (χ2n) is 6.21. The van der Waals surface area contributed by atoms with Crippen molar-refractivity contribution >= 4 is 0 Å². The van der Waals surface area contributed by atoms with Crippen LogP contribution in [0.5, 0.6) is 11.5 Å². The van der Waals surface area contributed by atoms with Crippen molar-refractivity contribution in [3.63, 3.8) is 0 Å². The van der Waals surface area contributed by atoms with Crippen LogP contribution >= 0.6 is 0 Å². The first-order valence-corrected chi connectivity index (χ1v) is 8.88. The molecule has 0 aliphatic carbocycles. The highest BCUT2D eigenvalue weighted by molar-refractivity contribution is 5.43. The molecule has 0 aromatic heterocycles. The average Bonchev–Trinajstić information content (AvgIpc) is 2.62. The predicted molar refractivity (Wildman–Crippen MR) is 95.3 cm³/mol. The number of ether oxygens (including phenoxy) is 2. The largest absolute Gasteiger partial charge is 0.493 e. The zero-order valence-corrected chi connectivity index (χ0v) is 15.0. The molecule has 1 aromatic rings. The Morgan fingerprint density at radius 3 is 2.54 bits per heavy atom. The fourth-order valence-electron chi connectivity index (χ4n) is 2.89. The number of piperazine rings is 1. The highest BCUT2D eigenvalue weighted by Gasteiger charge is 2.17. The van der Waals surface area contributed by atoms with Gasteiger partial charge in [0.2, 0.25) is 0 Å². The highest BCUT2D eigenvalue weighted by atomic mass is 16.5. The first-order chi connectivity index (χ1) is 11.8. The molecule has 5 heteroatoms. The molecule has 0 N–H and O–H groups in total. The topological polar surface area (TPSA) is 48.7 Å². The minimum Gasteiger partial charge on any atom is -0.493 e. The lowest BCUT2D eigenvalue weighted by Gasteiger charge is -2.34. The Hall–Kier alpha value is -1.77. The SMILES string of the molecule is CCCCOc1ccc(CN2CCN(CCC#N)CC2)cc1OC. The molecule has 1 fully saturated rings. The third-order valence-corrected chi connectivity index (χ3v) is 4.39. The fourth-order valence-corrected chi connectivity index (χ4v) is 2.89. The van der Waals surface area contributed by atoms with E-state index in [0.717, 1.165) is 70.2 Å². The second-order valence-corrected chi connectivity index (χ2v) is 6.21. The number of unbranched alkanes of at least 4 members (excludes halogenated alkanes) is 1. The summed E-state index contributed by atoms with van der Waals surface area (Å²) in [5.74, 6) is 1.65. The second kappa shape index (κ2) is 10.2. The van der Waals surface area contributed by atoms with Crippen LogP contribution in [0.25, 0.3) is 0 Å². The molecule has 5 nitrogen and oxygen atoms in total. The van der Waals surface area contributed by atoms with Crippen molar-refractivity contribution in [2.45, 2.75) is 32.7 Å². The Morgan fingerprint density at radius 2 is 1.88 bits per heavy atom. The van der Waals surface area contributed by atoms with Gasteiger partial charge in [-0.1, -0.05) is 19.4 Å². The number of hydrogen-bond donors (Lipinski definition) is 0. The summed E-state index contributed by atoms with van der Waals surface area (Å²) in [6, 6.07) is 8.46. The van der Waals surface area contributed by atoms with Gasteiger partial charge < -0.3 is 9.47 Å². The van der Waals surface area contributed by atoms with Crippen molar-refractivity contribution in [1.82, 2.24) is 9.80 Å². The molecule has 0 saturated carbocycles. The zero-order chi connectivity index (χ0) is 17.2. The molecule has 24 heavy (non-hydrogen) atoms. The summed E-state index contributed by atoms with van der Waals surface area (Å²) in [4.78, 5) is 4.82. The molecule has 0 radical (unpaired) electrons. The fraction of sp³-hybridized carbons (Fsp3) is 0.632. The van der Waals surface area contributed by atoms with Gasteiger partial charge in [0.15, 0.2) is 11.5 Å². The van der Waals surface area contributed by atoms with Crippen LogP contribution in [0.3, 0.4) is 0 Å². The maximum Gasteiger partial charge on any atom is 0.161 e. The van der Waals surface area contributed by atoms with E-state index in [1.54, 1.807) is 7.11 Å². The minimum absolute atomic E-state index is 0.622. The summed E-state index contributed by atoms with van der Waals surface area (Å²) in [6.45, 7) is 8.87. The van der Waals surface area contributed by atoms with E-state index in [1.165, 1.54) is 5.56 Å². The third kappa shape index (κ3) is 5.70. The van der Waals surface area contributed by atoms with Gasteiger partial charge in [0.25, 0.3) is 0 Å². The van der Waals surface area contributed by atoms with Crippen LogP contribution in [0.1, 0.15) is 31.7 Å². The molecule has 1 heterocycles. The summed E-state index contributed by atoms with van der Waals surface area (Å²) in [5.41, 5.74) is 1.25. The Morgan fingerprint density at radius 1 is 1.12 bits per heavy atom. The Balaban J connectivity index is 1.85. The average molecular weight is 331 g/mol. The van der Waals surface area contributed by atoms with Gasteiger partial charge >= 0.3 is 0 Å². The molecule has 1 aliphatic heterocycles. The maximum atomic E-state index is 8.67. The van der Waals surface area contributed by atoms with Gasteiger partial charge in [0.1, 0.15) is 0 Å². The highest BCUT2D eigenvalue weighted by Crippen LogP contribution is 2.29. The van der Waals surface area contributed by atoms with Crippen LogP contribution < -0.4 is 9.47 Å². The van der Waals surface area contributed by atoms with E-state index < -0.39 is 0 Å². The van der Waals surface area contributed by atoms with E-state index in [0.29, 0.717) is 6.42 Å². The number of methoxy groups -OCH3 is 1. The molecule has 1 saturated heterocycles. The number of rotatable bonds is 9. The molecule has 0 bridgehead atoms. The van der Waals surface area contributed by atoms with E-state index >= 15 is 0 Å². The van der Waals surface area contributed by atoms with Crippen LogP contribution in [0.4, 0.5) is 0 Å². The van der Waals surface area contributed by atoms with Crippen LogP contribution in [0.2, 0.25) is 0 Å². The van der Waals surface area contributed by atoms with Crippen molar-refractivity contribution < 1.29 is 9.47 Å². The standard InChI is InChI=1S/C19H29N3O2/c1-3-4-14-24-18-7-6-17(15-19(18)23-2)16-22-12-10-21(11-13-22)9-5-8-20/h6-7,15H,3-5,9-14,16H2,1-2H3. The zero-order valence-electron chi connectivity index (χ0n) is 15.0. The number of benzene rings is 1. The van der Waals surface area contributed by atoms with Gasteiger partial charge in [-0.25, -0.2) is 0 Å². The number of nitrogens with zero attached hydrogens (tertiary/aromatic N) is 3. The summed E-state index contributed by atoms with van der Waals surface area (Å²) in [5, 5.41) is 8.67. The van der Waals surface area contributed by atoms with Gasteiger partial charge in [-0.05, 0) is 24.1 Å². The van der Waals surface area contributed by atoms with Crippen molar-refractivity contribution in [3.8, 4) is 17.6 Å². The molecular weight excluding hydrogens is 302 g/mol. The van der Waals surface area contributed by atoms with E-state index in [9.17, 15) is 0 Å². The smallest absolute Gasteiger partial charge is 0.161 e. The van der Waals surface area contributed by atoms with Crippen molar-refractivity contribution in [2.24, 2.45) is 0 Å². The van der Waals surface area contributed by atoms with Crippen molar-refractivity contribution in [2.75, 3.05) is 46.4 Å². The van der Waals surface area contributed by atoms with Gasteiger partial charge in [-0.15, -0.1) is 0 Å². The first kappa shape index (κ1) is 18.6. The Labute approximate surface area is 145 Å². The molecule has 0 amide bonds. The van der Waals surface area contributed by atoms with E-state index in [-0.39, 0.29) is 0 Å². The van der Waals surface area contributed by atoms with Gasteiger partial charge in [0, 0.05) is 45.7 Å². The molecule has 0 unspecified atom stereocenters. The monoisotopic (exact) mass is 331 g/mol. The first-order valence-electron chi connectivity index (χ1n) is 8.88. The molecule has 0 atom stereocenters. The Bertz CT molecular complexity index is 534. The Kier molecular flexibility index (Phi) is 7.87. The molecule has 132 valence electrons. The van der Waals surface area contributed by atoms with Gasteiger partial charge in [-0.2, -0.15) is 5.26 Å². The van der Waals surface area contributed by atoms with Crippen LogP contribution in [0, 0.1) is 11.3 Å². The van der Waals surface area contributed by atoms with Gasteiger partial charge in [-0.3, -0.25) is 9.80 Å². The van der Waals surface area contributed by atoms with Crippen LogP contribution in [0.15, 0.2) is 18.2 Å². The normalized spacial score (nSPS) is 15.9. The third-order valence-electron chi connectivity index (χ3n) is 4.39. The lowest BCUT2D eigenvalue weighted by molar-refractivity contribution is 0.129. The predicted octanol–water partition coefficient (Wildman–Crippen LogP) is 2.91. The molecule has 0 spiro atoms. The molecule has 1 aliphatic rings.